The maximum Gasteiger partial charge on any atom is 0.227 e. The van der Waals surface area contributed by atoms with Gasteiger partial charge in [0.05, 0.1) is 32.2 Å². The van der Waals surface area contributed by atoms with Crippen LogP contribution in [0.5, 0.6) is 0 Å². The van der Waals surface area contributed by atoms with Crippen LogP contribution in [0.15, 0.2) is 48.8 Å². The predicted molar refractivity (Wildman–Crippen MR) is 102 cm³/mol. The van der Waals surface area contributed by atoms with Crippen LogP contribution in [0, 0.1) is 6.92 Å². The monoisotopic (exact) mass is 366 g/mol. The van der Waals surface area contributed by atoms with Gasteiger partial charge in [0.1, 0.15) is 5.60 Å². The molecule has 2 aromatic rings. The quantitative estimate of drug-likeness (QED) is 0.816. The van der Waals surface area contributed by atoms with Gasteiger partial charge in [-0.25, -0.2) is 0 Å². The molecule has 142 valence electrons. The summed E-state index contributed by atoms with van der Waals surface area (Å²) in [5.41, 5.74) is 3.14. The van der Waals surface area contributed by atoms with E-state index in [1.54, 1.807) is 6.20 Å². The van der Waals surface area contributed by atoms with Crippen LogP contribution < -0.4 is 0 Å². The van der Waals surface area contributed by atoms with E-state index in [9.17, 15) is 4.79 Å². The molecule has 2 aliphatic heterocycles. The minimum atomic E-state index is -0.221. The number of amides is 1. The van der Waals surface area contributed by atoms with Crippen LogP contribution in [0.4, 0.5) is 0 Å². The number of pyridine rings is 1. The number of carbonyl (C=O) groups is 1. The Morgan fingerprint density at radius 2 is 2.07 bits per heavy atom. The molecule has 0 N–H and O–H groups in total. The number of carbonyl (C=O) groups excluding carboxylic acids is 1. The Kier molecular flexibility index (Phi) is 5.23. The molecule has 1 aromatic carbocycles. The van der Waals surface area contributed by atoms with E-state index >= 15 is 0 Å². The first-order valence-electron chi connectivity index (χ1n) is 9.60. The van der Waals surface area contributed by atoms with Crippen LogP contribution in [0.2, 0.25) is 0 Å². The van der Waals surface area contributed by atoms with E-state index in [1.165, 1.54) is 5.56 Å². The number of hydrogen-bond donors (Lipinski definition) is 0. The molecule has 0 bridgehead atoms. The Morgan fingerprint density at radius 3 is 2.81 bits per heavy atom. The van der Waals surface area contributed by atoms with Crippen LogP contribution in [-0.4, -0.2) is 47.2 Å². The predicted octanol–water partition coefficient (Wildman–Crippen LogP) is 2.91. The number of aromatic nitrogens is 1. The Morgan fingerprint density at radius 1 is 1.26 bits per heavy atom. The van der Waals surface area contributed by atoms with Gasteiger partial charge in [-0.1, -0.05) is 35.9 Å². The smallest absolute Gasteiger partial charge is 0.227 e. The van der Waals surface area contributed by atoms with Gasteiger partial charge in [-0.15, -0.1) is 0 Å². The average molecular weight is 366 g/mol. The molecule has 1 spiro atoms. The SMILES string of the molecule is Cc1ccc(CC(=O)N2CC3(C[C@H](OCc4cccnc4)CCO3)C2)cc1. The minimum absolute atomic E-state index is 0.173. The second-order valence-corrected chi connectivity index (χ2v) is 7.73. The topological polar surface area (TPSA) is 51.7 Å². The van der Waals surface area contributed by atoms with Crippen molar-refractivity contribution >= 4 is 5.91 Å². The molecule has 2 saturated heterocycles. The van der Waals surface area contributed by atoms with Crippen molar-refractivity contribution in [2.45, 2.75) is 44.5 Å². The van der Waals surface area contributed by atoms with Crippen molar-refractivity contribution in [1.82, 2.24) is 9.88 Å². The molecular weight excluding hydrogens is 340 g/mol. The molecule has 1 atom stereocenters. The second-order valence-electron chi connectivity index (χ2n) is 7.73. The summed E-state index contributed by atoms with van der Waals surface area (Å²) in [6, 6.07) is 12.1. The standard InChI is InChI=1S/C22H26N2O3/c1-17-4-6-18(7-5-17)11-21(25)24-15-22(16-24)12-20(8-10-27-22)26-14-19-3-2-9-23-13-19/h2-7,9,13,20H,8,10-12,14-16H2,1H3/t20-/m1/s1. The fraction of sp³-hybridized carbons (Fsp3) is 0.455. The maximum atomic E-state index is 12.5. The third-order valence-electron chi connectivity index (χ3n) is 5.44. The normalized spacial score (nSPS) is 21.1. The lowest BCUT2D eigenvalue weighted by Crippen LogP contribution is -2.67. The van der Waals surface area contributed by atoms with E-state index in [1.807, 2.05) is 35.4 Å². The average Bonchev–Trinajstić information content (AvgIpc) is 2.67. The molecule has 0 radical (unpaired) electrons. The van der Waals surface area contributed by atoms with Crippen LogP contribution >= 0.6 is 0 Å². The van der Waals surface area contributed by atoms with E-state index in [0.29, 0.717) is 32.7 Å². The van der Waals surface area contributed by atoms with Crippen LogP contribution in [0.25, 0.3) is 0 Å². The van der Waals surface area contributed by atoms with Crippen LogP contribution in [-0.2, 0) is 27.3 Å². The van der Waals surface area contributed by atoms with Gasteiger partial charge < -0.3 is 14.4 Å². The summed E-state index contributed by atoms with van der Waals surface area (Å²) >= 11 is 0. The summed E-state index contributed by atoms with van der Waals surface area (Å²) in [6.07, 6.45) is 5.99. The zero-order valence-electron chi connectivity index (χ0n) is 15.8. The van der Waals surface area contributed by atoms with Crippen LogP contribution in [0.1, 0.15) is 29.5 Å². The number of aryl methyl sites for hydroxylation is 1. The Labute approximate surface area is 160 Å². The highest BCUT2D eigenvalue weighted by Gasteiger charge is 2.49. The molecule has 5 nitrogen and oxygen atoms in total. The van der Waals surface area contributed by atoms with Gasteiger partial charge in [0.25, 0.3) is 0 Å². The molecule has 0 aliphatic carbocycles. The Balaban J connectivity index is 1.26. The van der Waals surface area contributed by atoms with E-state index in [-0.39, 0.29) is 17.6 Å². The fourth-order valence-electron chi connectivity index (χ4n) is 3.86. The zero-order chi connectivity index (χ0) is 18.7. The van der Waals surface area contributed by atoms with E-state index < -0.39 is 0 Å². The minimum Gasteiger partial charge on any atom is -0.373 e. The molecule has 1 aromatic heterocycles. The number of rotatable bonds is 5. The molecule has 0 saturated carbocycles. The molecule has 0 unspecified atom stereocenters. The second kappa shape index (κ2) is 7.79. The fourth-order valence-corrected chi connectivity index (χ4v) is 3.86. The van der Waals surface area contributed by atoms with Gasteiger partial charge in [0.2, 0.25) is 5.91 Å². The van der Waals surface area contributed by atoms with Gasteiger partial charge in [-0.2, -0.15) is 0 Å². The first-order chi connectivity index (χ1) is 13.1. The molecule has 3 heterocycles. The lowest BCUT2D eigenvalue weighted by Gasteiger charge is -2.53. The van der Waals surface area contributed by atoms with E-state index in [2.05, 4.69) is 24.0 Å². The van der Waals surface area contributed by atoms with Gasteiger partial charge >= 0.3 is 0 Å². The highest BCUT2D eigenvalue weighted by atomic mass is 16.5. The summed E-state index contributed by atoms with van der Waals surface area (Å²) < 4.78 is 12.1. The Hall–Kier alpha value is -2.24. The lowest BCUT2D eigenvalue weighted by atomic mass is 9.84. The van der Waals surface area contributed by atoms with Crippen molar-refractivity contribution in [3.05, 3.63) is 65.5 Å². The first-order valence-corrected chi connectivity index (χ1v) is 9.60. The summed E-state index contributed by atoms with van der Waals surface area (Å²) in [4.78, 5) is 18.6. The number of benzene rings is 1. The Bertz CT molecular complexity index is 770. The number of nitrogens with zero attached hydrogens (tertiary/aromatic N) is 2. The molecule has 4 rings (SSSR count). The molecule has 1 amide bonds. The molecular formula is C22H26N2O3. The summed E-state index contributed by atoms with van der Waals surface area (Å²) in [7, 11) is 0. The number of hydrogen-bond acceptors (Lipinski definition) is 4. The van der Waals surface area contributed by atoms with Crippen molar-refractivity contribution in [1.29, 1.82) is 0 Å². The van der Waals surface area contributed by atoms with Gasteiger partial charge in [0.15, 0.2) is 0 Å². The van der Waals surface area contributed by atoms with Crippen molar-refractivity contribution in [2.75, 3.05) is 19.7 Å². The number of ether oxygens (including phenoxy) is 2. The first kappa shape index (κ1) is 18.1. The van der Waals surface area contributed by atoms with Gasteiger partial charge in [-0.05, 0) is 30.5 Å². The summed E-state index contributed by atoms with van der Waals surface area (Å²) in [6.45, 7) is 4.66. The maximum absolute atomic E-state index is 12.5. The third kappa shape index (κ3) is 4.37. The summed E-state index contributed by atoms with van der Waals surface area (Å²) in [5, 5.41) is 0. The number of likely N-dealkylation sites (tertiary alicyclic amines) is 1. The molecule has 5 heteroatoms. The van der Waals surface area contributed by atoms with Crippen molar-refractivity contribution < 1.29 is 14.3 Å². The highest BCUT2D eigenvalue weighted by Crippen LogP contribution is 2.35. The highest BCUT2D eigenvalue weighted by molar-refractivity contribution is 5.80. The van der Waals surface area contributed by atoms with Crippen LogP contribution in [0.3, 0.4) is 0 Å². The third-order valence-corrected chi connectivity index (χ3v) is 5.44. The van der Waals surface area contributed by atoms with Crippen molar-refractivity contribution in [3.63, 3.8) is 0 Å². The largest absolute Gasteiger partial charge is 0.373 e. The zero-order valence-corrected chi connectivity index (χ0v) is 15.8. The van der Waals surface area contributed by atoms with E-state index in [0.717, 1.165) is 24.0 Å². The van der Waals surface area contributed by atoms with Crippen molar-refractivity contribution in [2.24, 2.45) is 0 Å². The van der Waals surface area contributed by atoms with E-state index in [4.69, 9.17) is 9.47 Å². The van der Waals surface area contributed by atoms with Crippen molar-refractivity contribution in [3.8, 4) is 0 Å². The molecule has 27 heavy (non-hydrogen) atoms. The lowest BCUT2D eigenvalue weighted by molar-refractivity contribution is -0.202. The molecule has 2 aliphatic rings. The van der Waals surface area contributed by atoms with Gasteiger partial charge in [0, 0.05) is 25.4 Å². The molecule has 2 fully saturated rings. The van der Waals surface area contributed by atoms with Gasteiger partial charge in [-0.3, -0.25) is 9.78 Å². The summed E-state index contributed by atoms with van der Waals surface area (Å²) in [5.74, 6) is 0.173.